The molecular weight excluding hydrogens is 1310 g/mol. The highest BCUT2D eigenvalue weighted by Crippen LogP contribution is 2.45. The van der Waals surface area contributed by atoms with E-state index in [0.717, 1.165) is 120 Å². The van der Waals surface area contributed by atoms with Gasteiger partial charge in [0, 0.05) is 25.7 Å². The van der Waals surface area contributed by atoms with Gasteiger partial charge in [0.15, 0.2) is 12.2 Å². The number of esters is 4. The van der Waals surface area contributed by atoms with E-state index in [1.54, 1.807) is 0 Å². The zero-order valence-electron chi connectivity index (χ0n) is 65.8. The molecule has 3 N–H and O–H groups in total. The smallest absolute Gasteiger partial charge is 0.462 e. The third kappa shape index (κ3) is 71.7. The van der Waals surface area contributed by atoms with Crippen molar-refractivity contribution in [3.63, 3.8) is 0 Å². The van der Waals surface area contributed by atoms with Gasteiger partial charge in [-0.05, 0) is 49.4 Å². The van der Waals surface area contributed by atoms with Gasteiger partial charge in [0.05, 0.1) is 26.4 Å². The van der Waals surface area contributed by atoms with E-state index < -0.39 is 97.5 Å². The summed E-state index contributed by atoms with van der Waals surface area (Å²) in [5.74, 6) is 0.964. The monoisotopic (exact) mass is 1470 g/mol. The number of aliphatic hydroxyl groups excluding tert-OH is 1. The number of unbranched alkanes of at least 4 members (excludes halogenated alkanes) is 42. The highest BCUT2D eigenvalue weighted by molar-refractivity contribution is 7.47. The Morgan fingerprint density at radius 1 is 0.280 bits per heavy atom. The summed E-state index contributed by atoms with van der Waals surface area (Å²) in [6, 6.07) is 0. The Bertz CT molecular complexity index is 1960. The van der Waals surface area contributed by atoms with Gasteiger partial charge in [0.25, 0.3) is 0 Å². The maximum atomic E-state index is 13.1. The Hall–Kier alpha value is -1.94. The molecule has 0 rings (SSSR count). The van der Waals surface area contributed by atoms with Crippen molar-refractivity contribution in [2.75, 3.05) is 39.6 Å². The van der Waals surface area contributed by atoms with E-state index in [4.69, 9.17) is 37.0 Å². The zero-order valence-corrected chi connectivity index (χ0v) is 67.6. The molecule has 19 heteroatoms. The molecule has 4 unspecified atom stereocenters. The van der Waals surface area contributed by atoms with Crippen molar-refractivity contribution in [1.29, 1.82) is 0 Å². The van der Waals surface area contributed by atoms with Crippen LogP contribution in [0.1, 0.15) is 415 Å². The molecule has 100 heavy (non-hydrogen) atoms. The van der Waals surface area contributed by atoms with Crippen LogP contribution in [0.2, 0.25) is 0 Å². The normalized spacial score (nSPS) is 14.6. The first kappa shape index (κ1) is 98.1. The third-order valence-electron chi connectivity index (χ3n) is 19.5. The number of hydrogen-bond acceptors (Lipinski definition) is 15. The van der Waals surface area contributed by atoms with Crippen LogP contribution in [0, 0.1) is 23.7 Å². The Morgan fingerprint density at radius 3 is 0.710 bits per heavy atom. The number of rotatable bonds is 78. The zero-order chi connectivity index (χ0) is 73.8. The summed E-state index contributed by atoms with van der Waals surface area (Å²) >= 11 is 0. The maximum absolute atomic E-state index is 13.1. The van der Waals surface area contributed by atoms with Gasteiger partial charge >= 0.3 is 39.5 Å². The first-order chi connectivity index (χ1) is 48.2. The number of phosphoric ester groups is 2. The Balaban J connectivity index is 5.14. The lowest BCUT2D eigenvalue weighted by atomic mass is 10.00. The molecule has 594 valence electrons. The second kappa shape index (κ2) is 70.1. The minimum Gasteiger partial charge on any atom is -0.462 e. The Kier molecular flexibility index (Phi) is 68.7. The molecule has 0 aromatic heterocycles. The van der Waals surface area contributed by atoms with E-state index in [1.807, 2.05) is 0 Å². The molecule has 0 aromatic carbocycles. The highest BCUT2D eigenvalue weighted by Gasteiger charge is 2.30. The minimum atomic E-state index is -4.96. The fourth-order valence-corrected chi connectivity index (χ4v) is 13.9. The molecule has 0 aliphatic carbocycles. The maximum Gasteiger partial charge on any atom is 0.472 e. The van der Waals surface area contributed by atoms with Gasteiger partial charge in [0.1, 0.15) is 19.3 Å². The summed E-state index contributed by atoms with van der Waals surface area (Å²) in [7, 11) is -9.92. The van der Waals surface area contributed by atoms with Crippen LogP contribution in [-0.2, 0) is 65.4 Å². The van der Waals surface area contributed by atoms with Gasteiger partial charge in [0.2, 0.25) is 0 Å². The molecular formula is C81H158O17P2. The van der Waals surface area contributed by atoms with Crippen molar-refractivity contribution in [3.8, 4) is 0 Å². The number of carbonyl (C=O) groups is 4. The SMILES string of the molecule is CCC(C)CCCCCCCCC(=O)OC[C@H](COP(=O)(O)OC[C@H](O)COP(=O)(O)OC[C@@H](COC(=O)CCCCCCCCCCCCCCCCCCC(C)C)OC(=O)CCCCCCCCC(C)CC)OC(=O)CCCCCCCCCCCCCCCCCCCCC(C)C. The number of phosphoric acid groups is 2. The van der Waals surface area contributed by atoms with Crippen molar-refractivity contribution < 1.29 is 80.2 Å². The second-order valence-electron chi connectivity index (χ2n) is 30.6. The van der Waals surface area contributed by atoms with E-state index in [1.165, 1.54) is 212 Å². The molecule has 0 heterocycles. The van der Waals surface area contributed by atoms with Crippen LogP contribution in [0.4, 0.5) is 0 Å². The first-order valence-electron chi connectivity index (χ1n) is 41.8. The number of hydrogen-bond donors (Lipinski definition) is 3. The summed E-state index contributed by atoms with van der Waals surface area (Å²) in [6.45, 7) is 14.2. The van der Waals surface area contributed by atoms with Gasteiger partial charge in [-0.2, -0.15) is 0 Å². The van der Waals surface area contributed by atoms with E-state index in [0.29, 0.717) is 25.7 Å². The highest BCUT2D eigenvalue weighted by atomic mass is 31.2. The molecule has 0 saturated carbocycles. The standard InChI is InChI=1S/C81H158O17P2/c1-9-73(7)59-51-43-37-39-46-54-62-79(84)92-68-76(97-80(85)63-55-47-36-32-28-24-20-14-12-11-13-17-21-25-29-33-41-49-57-71(3)4)69-95-99(87,88)93-65-75(82)66-94-100(89,90)96-70-77(98-81(86)64-56-48-40-38-44-52-60-74(8)10-2)67-91-78(83)61-53-45-35-31-27-23-19-16-15-18-22-26-30-34-42-50-58-72(5)6/h71-77,82H,9-70H2,1-8H3,(H,87,88)(H,89,90)/t73?,74?,75-,76+,77+/m0/s1. The average molecular weight is 1470 g/mol. The topological polar surface area (TPSA) is 237 Å². The van der Waals surface area contributed by atoms with Crippen LogP contribution in [0.3, 0.4) is 0 Å². The summed E-state index contributed by atoms with van der Waals surface area (Å²) < 4.78 is 68.6. The van der Waals surface area contributed by atoms with Crippen LogP contribution in [0.25, 0.3) is 0 Å². The lowest BCUT2D eigenvalue weighted by Gasteiger charge is -2.21. The van der Waals surface area contributed by atoms with E-state index >= 15 is 0 Å². The largest absolute Gasteiger partial charge is 0.472 e. The molecule has 0 radical (unpaired) electrons. The van der Waals surface area contributed by atoms with Gasteiger partial charge in [-0.15, -0.1) is 0 Å². The summed E-state index contributed by atoms with van der Waals surface area (Å²) in [6.07, 6.45) is 57.2. The van der Waals surface area contributed by atoms with Crippen molar-refractivity contribution in [3.05, 3.63) is 0 Å². The fraction of sp³-hybridized carbons (Fsp3) is 0.951. The molecule has 0 amide bonds. The third-order valence-corrected chi connectivity index (χ3v) is 21.4. The minimum absolute atomic E-state index is 0.103. The van der Waals surface area contributed by atoms with E-state index in [-0.39, 0.29) is 25.7 Å². The molecule has 0 bridgehead atoms. The summed E-state index contributed by atoms with van der Waals surface area (Å²) in [5, 5.41) is 10.6. The van der Waals surface area contributed by atoms with Gasteiger partial charge in [-0.3, -0.25) is 37.3 Å². The number of carbonyl (C=O) groups excluding carboxylic acids is 4. The van der Waals surface area contributed by atoms with Crippen LogP contribution in [0.15, 0.2) is 0 Å². The van der Waals surface area contributed by atoms with Crippen molar-refractivity contribution in [1.82, 2.24) is 0 Å². The molecule has 7 atom stereocenters. The number of ether oxygens (including phenoxy) is 4. The molecule has 0 aromatic rings. The molecule has 17 nitrogen and oxygen atoms in total. The average Bonchev–Trinajstić information content (AvgIpc) is 0.922. The molecule has 0 aliphatic heterocycles. The first-order valence-corrected chi connectivity index (χ1v) is 44.8. The molecule has 0 aliphatic rings. The van der Waals surface area contributed by atoms with Gasteiger partial charge in [-0.25, -0.2) is 9.13 Å². The lowest BCUT2D eigenvalue weighted by molar-refractivity contribution is -0.161. The molecule has 0 fully saturated rings. The van der Waals surface area contributed by atoms with Crippen molar-refractivity contribution >= 4 is 39.5 Å². The Labute approximate surface area is 613 Å². The fourth-order valence-electron chi connectivity index (χ4n) is 12.4. The molecule has 0 spiro atoms. The van der Waals surface area contributed by atoms with Crippen LogP contribution in [0.5, 0.6) is 0 Å². The van der Waals surface area contributed by atoms with Crippen molar-refractivity contribution in [2.24, 2.45) is 23.7 Å². The second-order valence-corrected chi connectivity index (χ2v) is 33.5. The van der Waals surface area contributed by atoms with Gasteiger partial charge < -0.3 is 33.8 Å². The van der Waals surface area contributed by atoms with E-state index in [2.05, 4.69) is 55.4 Å². The summed E-state index contributed by atoms with van der Waals surface area (Å²) in [4.78, 5) is 72.9. The Morgan fingerprint density at radius 2 is 0.480 bits per heavy atom. The summed E-state index contributed by atoms with van der Waals surface area (Å²) in [5.41, 5.74) is 0. The molecule has 0 saturated heterocycles. The van der Waals surface area contributed by atoms with Crippen molar-refractivity contribution in [2.45, 2.75) is 433 Å². The predicted molar refractivity (Wildman–Crippen MR) is 409 cm³/mol. The number of aliphatic hydroxyl groups is 1. The van der Waals surface area contributed by atoms with E-state index in [9.17, 15) is 43.2 Å². The van der Waals surface area contributed by atoms with Crippen LogP contribution < -0.4 is 0 Å². The van der Waals surface area contributed by atoms with Crippen LogP contribution in [-0.4, -0.2) is 96.7 Å². The van der Waals surface area contributed by atoms with Crippen LogP contribution >= 0.6 is 15.6 Å². The predicted octanol–water partition coefficient (Wildman–Crippen LogP) is 24.0. The lowest BCUT2D eigenvalue weighted by Crippen LogP contribution is -2.30. The van der Waals surface area contributed by atoms with Gasteiger partial charge in [-0.1, -0.05) is 364 Å². The quantitative estimate of drug-likeness (QED) is 0.0222.